The number of nitrogens with zero attached hydrogens (tertiary/aromatic N) is 1. The van der Waals surface area contributed by atoms with Gasteiger partial charge >= 0.3 is 12.1 Å². The Bertz CT molecular complexity index is 797. The van der Waals surface area contributed by atoms with Crippen molar-refractivity contribution in [1.82, 2.24) is 9.62 Å². The maximum absolute atomic E-state index is 12.4. The molecule has 25 heavy (non-hydrogen) atoms. The van der Waals surface area contributed by atoms with Crippen LogP contribution in [0.2, 0.25) is 0 Å². The minimum atomic E-state index is -3.63. The first kappa shape index (κ1) is 19.2. The summed E-state index contributed by atoms with van der Waals surface area (Å²) in [5.74, 6) is -1.14. The Kier molecular flexibility index (Phi) is 5.10. The molecule has 0 fully saturated rings. The van der Waals surface area contributed by atoms with Crippen molar-refractivity contribution in [3.05, 3.63) is 29.3 Å². The van der Waals surface area contributed by atoms with E-state index in [-0.39, 0.29) is 17.9 Å². The molecule has 1 aromatic rings. The van der Waals surface area contributed by atoms with Gasteiger partial charge in [-0.1, -0.05) is 6.07 Å². The fourth-order valence-corrected chi connectivity index (χ4v) is 3.36. The van der Waals surface area contributed by atoms with E-state index in [1.165, 1.54) is 19.2 Å². The number of aliphatic carboxylic acids is 1. The lowest BCUT2D eigenvalue weighted by Crippen LogP contribution is -2.50. The Morgan fingerprint density at radius 3 is 2.44 bits per heavy atom. The van der Waals surface area contributed by atoms with Crippen molar-refractivity contribution in [1.29, 1.82) is 0 Å². The van der Waals surface area contributed by atoms with Crippen LogP contribution in [0.5, 0.6) is 0 Å². The molecule has 0 saturated carbocycles. The predicted molar refractivity (Wildman–Crippen MR) is 89.6 cm³/mol. The molecule has 1 aliphatic heterocycles. The molecule has 0 unspecified atom stereocenters. The van der Waals surface area contributed by atoms with Gasteiger partial charge in [-0.25, -0.2) is 22.7 Å². The van der Waals surface area contributed by atoms with E-state index in [2.05, 4.69) is 4.72 Å². The number of rotatable bonds is 3. The lowest BCUT2D eigenvalue weighted by molar-refractivity contribution is -0.143. The Morgan fingerprint density at radius 2 is 1.92 bits per heavy atom. The molecule has 0 spiro atoms. The van der Waals surface area contributed by atoms with Gasteiger partial charge in [0, 0.05) is 6.42 Å². The van der Waals surface area contributed by atoms with Crippen LogP contribution in [0.4, 0.5) is 4.79 Å². The van der Waals surface area contributed by atoms with Gasteiger partial charge in [-0.15, -0.1) is 0 Å². The highest BCUT2D eigenvalue weighted by Gasteiger charge is 2.37. The number of carboxylic acids is 1. The van der Waals surface area contributed by atoms with E-state index < -0.39 is 33.7 Å². The minimum absolute atomic E-state index is 0.0334. The van der Waals surface area contributed by atoms with Crippen molar-refractivity contribution < 1.29 is 27.9 Å². The molecule has 1 aliphatic rings. The third kappa shape index (κ3) is 4.29. The third-order valence-corrected chi connectivity index (χ3v) is 5.21. The predicted octanol–water partition coefficient (Wildman–Crippen LogP) is 1.34. The first-order valence-electron chi connectivity index (χ1n) is 7.72. The summed E-state index contributed by atoms with van der Waals surface area (Å²) < 4.78 is 31.4. The maximum atomic E-state index is 12.4. The van der Waals surface area contributed by atoms with Gasteiger partial charge in [0.25, 0.3) is 0 Å². The fourth-order valence-electron chi connectivity index (χ4n) is 2.58. The summed E-state index contributed by atoms with van der Waals surface area (Å²) in [4.78, 5) is 25.1. The molecule has 0 radical (unpaired) electrons. The largest absolute Gasteiger partial charge is 0.480 e. The molecule has 1 aromatic carbocycles. The number of nitrogens with one attached hydrogen (secondary N) is 1. The smallest absolute Gasteiger partial charge is 0.411 e. The average molecular weight is 370 g/mol. The lowest BCUT2D eigenvalue weighted by atomic mass is 9.94. The first-order valence-corrected chi connectivity index (χ1v) is 9.20. The second-order valence-corrected chi connectivity index (χ2v) is 8.69. The number of benzene rings is 1. The zero-order valence-electron chi connectivity index (χ0n) is 14.6. The van der Waals surface area contributed by atoms with Crippen LogP contribution < -0.4 is 4.72 Å². The van der Waals surface area contributed by atoms with Crippen LogP contribution in [-0.2, 0) is 32.5 Å². The highest BCUT2D eigenvalue weighted by Crippen LogP contribution is 2.27. The van der Waals surface area contributed by atoms with Gasteiger partial charge in [-0.2, -0.15) is 0 Å². The molecular formula is C16H22N2O6S. The van der Waals surface area contributed by atoms with Crippen molar-refractivity contribution in [3.8, 4) is 0 Å². The molecule has 0 aliphatic carbocycles. The van der Waals surface area contributed by atoms with Crippen molar-refractivity contribution in [2.75, 3.05) is 7.05 Å². The summed E-state index contributed by atoms with van der Waals surface area (Å²) in [5.41, 5.74) is 0.513. The first-order chi connectivity index (χ1) is 11.4. The molecule has 1 atom stereocenters. The SMILES string of the molecule is CNS(=O)(=O)c1ccc2c(c1)CN(C(=O)OC(C)(C)C)[C@H](C(=O)O)C2. The molecule has 1 amide bonds. The summed E-state index contributed by atoms with van der Waals surface area (Å²) in [5, 5.41) is 9.45. The van der Waals surface area contributed by atoms with Crippen molar-refractivity contribution in [2.24, 2.45) is 0 Å². The highest BCUT2D eigenvalue weighted by molar-refractivity contribution is 7.89. The van der Waals surface area contributed by atoms with Crippen LogP contribution >= 0.6 is 0 Å². The van der Waals surface area contributed by atoms with E-state index in [4.69, 9.17) is 4.74 Å². The van der Waals surface area contributed by atoms with Crippen LogP contribution in [0.15, 0.2) is 23.1 Å². The Balaban J connectivity index is 2.40. The Morgan fingerprint density at radius 1 is 1.28 bits per heavy atom. The quantitative estimate of drug-likeness (QED) is 0.830. The minimum Gasteiger partial charge on any atom is -0.480 e. The summed E-state index contributed by atoms with van der Waals surface area (Å²) in [6, 6.07) is 3.40. The molecule has 9 heteroatoms. The van der Waals surface area contributed by atoms with E-state index in [1.807, 2.05) is 0 Å². The molecular weight excluding hydrogens is 348 g/mol. The van der Waals surface area contributed by atoms with Gasteiger partial charge in [-0.3, -0.25) is 4.90 Å². The fraction of sp³-hybridized carbons (Fsp3) is 0.500. The number of carboxylic acid groups (broad SMARTS) is 1. The van der Waals surface area contributed by atoms with E-state index in [1.54, 1.807) is 26.8 Å². The molecule has 1 heterocycles. The Labute approximate surface area is 146 Å². The number of carbonyl (C=O) groups excluding carboxylic acids is 1. The van der Waals surface area contributed by atoms with Gasteiger partial charge < -0.3 is 9.84 Å². The number of hydrogen-bond donors (Lipinski definition) is 2. The van der Waals surface area contributed by atoms with E-state index >= 15 is 0 Å². The lowest BCUT2D eigenvalue weighted by Gasteiger charge is -2.35. The second kappa shape index (κ2) is 6.64. The van der Waals surface area contributed by atoms with E-state index in [0.29, 0.717) is 11.1 Å². The molecule has 138 valence electrons. The molecule has 8 nitrogen and oxygen atoms in total. The third-order valence-electron chi connectivity index (χ3n) is 3.80. The summed E-state index contributed by atoms with van der Waals surface area (Å²) in [7, 11) is -2.32. The summed E-state index contributed by atoms with van der Waals surface area (Å²) in [6.45, 7) is 5.04. The number of ether oxygens (including phenoxy) is 1. The maximum Gasteiger partial charge on any atom is 0.411 e. The van der Waals surface area contributed by atoms with Crippen molar-refractivity contribution in [3.63, 3.8) is 0 Å². The average Bonchev–Trinajstić information content (AvgIpc) is 2.51. The highest BCUT2D eigenvalue weighted by atomic mass is 32.2. The molecule has 2 rings (SSSR count). The molecule has 0 bridgehead atoms. The monoisotopic (exact) mass is 370 g/mol. The Hall–Kier alpha value is -2.13. The van der Waals surface area contributed by atoms with Crippen LogP contribution in [0, 0.1) is 0 Å². The van der Waals surface area contributed by atoms with Gasteiger partial charge in [-0.05, 0) is 51.1 Å². The summed E-state index contributed by atoms with van der Waals surface area (Å²) >= 11 is 0. The number of carbonyl (C=O) groups is 2. The van der Waals surface area contributed by atoms with Gasteiger partial charge in [0.1, 0.15) is 11.6 Å². The zero-order valence-corrected chi connectivity index (χ0v) is 15.4. The van der Waals surface area contributed by atoms with Crippen LogP contribution in [-0.4, -0.2) is 49.2 Å². The zero-order chi connectivity index (χ0) is 19.0. The van der Waals surface area contributed by atoms with Crippen LogP contribution in [0.25, 0.3) is 0 Å². The molecule has 2 N–H and O–H groups in total. The number of hydrogen-bond acceptors (Lipinski definition) is 5. The van der Waals surface area contributed by atoms with Gasteiger partial charge in [0.2, 0.25) is 10.0 Å². The second-order valence-electron chi connectivity index (χ2n) is 6.80. The van der Waals surface area contributed by atoms with Crippen LogP contribution in [0.1, 0.15) is 31.9 Å². The van der Waals surface area contributed by atoms with E-state index in [0.717, 1.165) is 4.90 Å². The van der Waals surface area contributed by atoms with Crippen LogP contribution in [0.3, 0.4) is 0 Å². The number of sulfonamides is 1. The van der Waals surface area contributed by atoms with Gasteiger partial charge in [0.05, 0.1) is 11.4 Å². The van der Waals surface area contributed by atoms with Gasteiger partial charge in [0.15, 0.2) is 0 Å². The van der Waals surface area contributed by atoms with E-state index in [9.17, 15) is 23.1 Å². The molecule has 0 saturated heterocycles. The number of fused-ring (bicyclic) bond motifs is 1. The standard InChI is InChI=1S/C16H22N2O6S/c1-16(2,3)24-15(21)18-9-11-7-12(25(22,23)17-4)6-5-10(11)8-13(18)14(19)20/h5-7,13,17H,8-9H2,1-4H3,(H,19,20)/t13-/m0/s1. The van der Waals surface area contributed by atoms with Crippen molar-refractivity contribution in [2.45, 2.75) is 50.3 Å². The summed E-state index contributed by atoms with van der Waals surface area (Å²) in [6.07, 6.45) is -0.656. The number of amides is 1. The van der Waals surface area contributed by atoms with Crippen molar-refractivity contribution >= 4 is 22.1 Å². The molecule has 0 aromatic heterocycles. The topological polar surface area (TPSA) is 113 Å². The normalized spacial score (nSPS) is 17.8.